The van der Waals surface area contributed by atoms with E-state index in [9.17, 15) is 13.2 Å². The molecule has 0 saturated heterocycles. The van der Waals surface area contributed by atoms with Crippen molar-refractivity contribution in [3.05, 3.63) is 34.4 Å². The number of hydrogen-bond donors (Lipinski definition) is 0. The fraction of sp³-hybridized carbons (Fsp3) is 0.167. The number of alkyl halides is 3. The summed E-state index contributed by atoms with van der Waals surface area (Å²) < 4.78 is 37.7. The van der Waals surface area contributed by atoms with Crippen LogP contribution in [0, 0.1) is 6.92 Å². The number of halogens is 3. The average Bonchev–Trinajstić information content (AvgIpc) is 3.07. The van der Waals surface area contributed by atoms with Crippen LogP contribution in [0.3, 0.4) is 0 Å². The molecule has 21 heavy (non-hydrogen) atoms. The predicted octanol–water partition coefficient (Wildman–Crippen LogP) is 4.05. The Bertz CT molecular complexity index is 779. The van der Waals surface area contributed by atoms with Gasteiger partial charge >= 0.3 is 6.18 Å². The van der Waals surface area contributed by atoms with Crippen LogP contribution in [0.15, 0.2) is 23.0 Å². The topological polar surface area (TPSA) is 51.6 Å². The number of aromatic nitrogens is 4. The van der Waals surface area contributed by atoms with Gasteiger partial charge in [-0.2, -0.15) is 13.2 Å². The van der Waals surface area contributed by atoms with E-state index in [1.807, 2.05) is 12.3 Å². The number of nitrogens with zero attached hydrogens (tertiary/aromatic N) is 4. The van der Waals surface area contributed by atoms with E-state index in [2.05, 4.69) is 19.9 Å². The molecule has 3 aromatic heterocycles. The van der Waals surface area contributed by atoms with Gasteiger partial charge in [0.2, 0.25) is 0 Å². The maximum atomic E-state index is 12.6. The Hall–Kier alpha value is -1.87. The molecule has 108 valence electrons. The molecule has 0 fully saturated rings. The van der Waals surface area contributed by atoms with Gasteiger partial charge < -0.3 is 0 Å². The van der Waals surface area contributed by atoms with Crippen molar-refractivity contribution >= 4 is 22.7 Å². The lowest BCUT2D eigenvalue weighted by Gasteiger charge is -2.00. The van der Waals surface area contributed by atoms with E-state index in [-0.39, 0.29) is 10.8 Å². The highest BCUT2D eigenvalue weighted by atomic mass is 32.1. The van der Waals surface area contributed by atoms with Crippen molar-refractivity contribution in [1.82, 2.24) is 19.9 Å². The highest BCUT2D eigenvalue weighted by molar-refractivity contribution is 7.13. The molecule has 0 spiro atoms. The number of aryl methyl sites for hydroxylation is 1. The van der Waals surface area contributed by atoms with Gasteiger partial charge in [0.25, 0.3) is 0 Å². The van der Waals surface area contributed by atoms with Gasteiger partial charge in [0.15, 0.2) is 16.5 Å². The standard InChI is InChI=1S/C12H7F3N4S2/c1-6-4-20-10(17-6)7-2-3-16-9(18-7)11-19-8(5-21-11)12(13,14)15/h2-5H,1H3. The molecular weight excluding hydrogens is 321 g/mol. The minimum atomic E-state index is -4.46. The Labute approximate surface area is 125 Å². The van der Waals surface area contributed by atoms with E-state index >= 15 is 0 Å². The van der Waals surface area contributed by atoms with Crippen molar-refractivity contribution in [2.24, 2.45) is 0 Å². The molecule has 3 aromatic rings. The highest BCUT2D eigenvalue weighted by Crippen LogP contribution is 2.33. The van der Waals surface area contributed by atoms with Crippen LogP contribution in [0.1, 0.15) is 11.4 Å². The molecule has 0 saturated carbocycles. The molecule has 0 N–H and O–H groups in total. The van der Waals surface area contributed by atoms with Gasteiger partial charge in [-0.25, -0.2) is 19.9 Å². The molecule has 3 rings (SSSR count). The molecule has 0 bridgehead atoms. The largest absolute Gasteiger partial charge is 0.434 e. The number of rotatable bonds is 2. The normalized spacial score (nSPS) is 11.8. The maximum absolute atomic E-state index is 12.6. The van der Waals surface area contributed by atoms with E-state index in [1.165, 1.54) is 17.5 Å². The summed E-state index contributed by atoms with van der Waals surface area (Å²) >= 11 is 2.28. The van der Waals surface area contributed by atoms with Crippen LogP contribution < -0.4 is 0 Å². The first-order valence-corrected chi connectivity index (χ1v) is 7.48. The Morgan fingerprint density at radius 2 is 1.76 bits per heavy atom. The van der Waals surface area contributed by atoms with Gasteiger partial charge in [0.05, 0.1) is 0 Å². The van der Waals surface area contributed by atoms with Gasteiger partial charge in [-0.15, -0.1) is 22.7 Å². The third-order valence-electron chi connectivity index (χ3n) is 2.48. The van der Waals surface area contributed by atoms with Gasteiger partial charge in [-0.3, -0.25) is 0 Å². The van der Waals surface area contributed by atoms with Crippen LogP contribution in [0.5, 0.6) is 0 Å². The van der Waals surface area contributed by atoms with Crippen molar-refractivity contribution in [2.45, 2.75) is 13.1 Å². The van der Waals surface area contributed by atoms with Crippen molar-refractivity contribution in [3.8, 4) is 21.5 Å². The fourth-order valence-corrected chi connectivity index (χ4v) is 3.09. The lowest BCUT2D eigenvalue weighted by Crippen LogP contribution is -2.05. The van der Waals surface area contributed by atoms with Crippen molar-refractivity contribution < 1.29 is 13.2 Å². The van der Waals surface area contributed by atoms with E-state index in [1.54, 1.807) is 6.07 Å². The Kier molecular flexibility index (Phi) is 3.46. The molecule has 3 heterocycles. The number of thiazole rings is 2. The summed E-state index contributed by atoms with van der Waals surface area (Å²) in [5.41, 5.74) is 0.507. The smallest absolute Gasteiger partial charge is 0.240 e. The zero-order valence-electron chi connectivity index (χ0n) is 10.5. The summed E-state index contributed by atoms with van der Waals surface area (Å²) in [6, 6.07) is 1.67. The predicted molar refractivity (Wildman–Crippen MR) is 74.0 cm³/mol. The van der Waals surface area contributed by atoms with Gasteiger partial charge in [0.1, 0.15) is 10.7 Å². The molecule has 0 amide bonds. The lowest BCUT2D eigenvalue weighted by atomic mass is 10.4. The molecule has 9 heteroatoms. The minimum absolute atomic E-state index is 0.137. The van der Waals surface area contributed by atoms with Crippen molar-refractivity contribution in [1.29, 1.82) is 0 Å². The first-order chi connectivity index (χ1) is 9.93. The monoisotopic (exact) mass is 328 g/mol. The summed E-state index contributed by atoms with van der Waals surface area (Å²) in [5.74, 6) is 0.167. The molecule has 0 aliphatic rings. The summed E-state index contributed by atoms with van der Waals surface area (Å²) in [4.78, 5) is 16.1. The van der Waals surface area contributed by atoms with Crippen LogP contribution in [0.25, 0.3) is 21.5 Å². The molecule has 0 aliphatic carbocycles. The summed E-state index contributed by atoms with van der Waals surface area (Å²) in [5, 5.41) is 3.67. The van der Waals surface area contributed by atoms with Crippen molar-refractivity contribution in [2.75, 3.05) is 0 Å². The summed E-state index contributed by atoms with van der Waals surface area (Å²) in [6.45, 7) is 1.86. The zero-order chi connectivity index (χ0) is 15.0. The third-order valence-corrected chi connectivity index (χ3v) is 4.30. The molecule has 4 nitrogen and oxygen atoms in total. The SMILES string of the molecule is Cc1csc(-c2ccnc(-c3nc(C(F)(F)F)cs3)n2)n1. The van der Waals surface area contributed by atoms with Crippen LogP contribution in [-0.2, 0) is 6.18 Å². The second-order valence-corrected chi connectivity index (χ2v) is 5.81. The van der Waals surface area contributed by atoms with E-state index in [4.69, 9.17) is 0 Å². The molecule has 0 atom stereocenters. The molecular formula is C12H7F3N4S2. The number of hydrogen-bond acceptors (Lipinski definition) is 6. The van der Waals surface area contributed by atoms with E-state index in [0.29, 0.717) is 10.7 Å². The maximum Gasteiger partial charge on any atom is 0.434 e. The summed E-state index contributed by atoms with van der Waals surface area (Å²) in [7, 11) is 0. The molecule has 0 aliphatic heterocycles. The minimum Gasteiger partial charge on any atom is -0.240 e. The van der Waals surface area contributed by atoms with Crippen LogP contribution in [0.4, 0.5) is 13.2 Å². The third kappa shape index (κ3) is 2.93. The highest BCUT2D eigenvalue weighted by Gasteiger charge is 2.34. The first kappa shape index (κ1) is 14.1. The molecule has 0 aromatic carbocycles. The quantitative estimate of drug-likeness (QED) is 0.712. The Morgan fingerprint density at radius 3 is 2.38 bits per heavy atom. The molecule has 0 unspecified atom stereocenters. The van der Waals surface area contributed by atoms with Gasteiger partial charge in [0, 0.05) is 22.7 Å². The van der Waals surface area contributed by atoms with Gasteiger partial charge in [-0.05, 0) is 13.0 Å². The van der Waals surface area contributed by atoms with E-state index < -0.39 is 11.9 Å². The Balaban J connectivity index is 1.98. The lowest BCUT2D eigenvalue weighted by molar-refractivity contribution is -0.140. The zero-order valence-corrected chi connectivity index (χ0v) is 12.2. The van der Waals surface area contributed by atoms with E-state index in [0.717, 1.165) is 22.4 Å². The first-order valence-electron chi connectivity index (χ1n) is 5.72. The average molecular weight is 328 g/mol. The van der Waals surface area contributed by atoms with Crippen LogP contribution >= 0.6 is 22.7 Å². The van der Waals surface area contributed by atoms with Crippen LogP contribution in [0.2, 0.25) is 0 Å². The fourth-order valence-electron chi connectivity index (χ4n) is 1.56. The summed E-state index contributed by atoms with van der Waals surface area (Å²) in [6.07, 6.45) is -2.97. The van der Waals surface area contributed by atoms with Crippen LogP contribution in [-0.4, -0.2) is 19.9 Å². The van der Waals surface area contributed by atoms with Crippen molar-refractivity contribution in [3.63, 3.8) is 0 Å². The molecule has 0 radical (unpaired) electrons. The van der Waals surface area contributed by atoms with Gasteiger partial charge in [-0.1, -0.05) is 0 Å². The second-order valence-electron chi connectivity index (χ2n) is 4.10. The second kappa shape index (κ2) is 5.15. The Morgan fingerprint density at radius 1 is 1.00 bits per heavy atom.